The second-order valence-corrected chi connectivity index (χ2v) is 6.61. The minimum atomic E-state index is -4.48. The van der Waals surface area contributed by atoms with Gasteiger partial charge in [0, 0.05) is 18.9 Å². The summed E-state index contributed by atoms with van der Waals surface area (Å²) in [4.78, 5) is 0. The first-order valence-electron chi connectivity index (χ1n) is 6.35. The summed E-state index contributed by atoms with van der Waals surface area (Å²) in [5.74, 6) is -0.906. The minimum Gasteiger partial charge on any atom is -0.396 e. The van der Waals surface area contributed by atoms with Crippen molar-refractivity contribution >= 4 is 7.60 Å². The van der Waals surface area contributed by atoms with Crippen LogP contribution in [0, 0.1) is 11.8 Å². The van der Waals surface area contributed by atoms with Gasteiger partial charge in [0.1, 0.15) is 0 Å². The Morgan fingerprint density at radius 2 is 1.79 bits per heavy atom. The average molecular weight is 302 g/mol. The molecule has 8 heteroatoms. The van der Waals surface area contributed by atoms with Gasteiger partial charge in [0.2, 0.25) is 0 Å². The molecule has 1 fully saturated rings. The molecule has 1 aliphatic rings. The van der Waals surface area contributed by atoms with Crippen molar-refractivity contribution in [1.29, 1.82) is 0 Å². The summed E-state index contributed by atoms with van der Waals surface area (Å²) >= 11 is 0. The molecule has 0 saturated carbocycles. The molecule has 0 radical (unpaired) electrons. The van der Waals surface area contributed by atoms with Gasteiger partial charge in [-0.05, 0) is 19.8 Å². The lowest BCUT2D eigenvalue weighted by molar-refractivity contribution is 0.00983. The Kier molecular flexibility index (Phi) is 6.33. The van der Waals surface area contributed by atoms with Crippen molar-refractivity contribution in [2.24, 2.45) is 11.8 Å². The van der Waals surface area contributed by atoms with E-state index in [4.69, 9.17) is 18.9 Å². The van der Waals surface area contributed by atoms with E-state index >= 15 is 0 Å². The molecule has 19 heavy (non-hydrogen) atoms. The summed E-state index contributed by atoms with van der Waals surface area (Å²) < 4.78 is 54.9. The number of hydrogen-bond donors (Lipinski definition) is 1. The maximum Gasteiger partial charge on any atom is 0.399 e. The first-order valence-corrected chi connectivity index (χ1v) is 7.90. The van der Waals surface area contributed by atoms with Gasteiger partial charge in [-0.15, -0.1) is 0 Å². The van der Waals surface area contributed by atoms with Gasteiger partial charge in [-0.2, -0.15) is 8.78 Å². The summed E-state index contributed by atoms with van der Waals surface area (Å²) in [6, 6.07) is 0. The largest absolute Gasteiger partial charge is 0.399 e. The molecular weight excluding hydrogens is 281 g/mol. The zero-order valence-electron chi connectivity index (χ0n) is 11.2. The van der Waals surface area contributed by atoms with Crippen LogP contribution in [0.2, 0.25) is 0 Å². The quantitative estimate of drug-likeness (QED) is 0.698. The summed E-state index contributed by atoms with van der Waals surface area (Å²) in [5.41, 5.74) is -3.58. The van der Waals surface area contributed by atoms with Crippen LogP contribution in [0.25, 0.3) is 0 Å². The van der Waals surface area contributed by atoms with Crippen LogP contribution in [-0.4, -0.2) is 43.8 Å². The van der Waals surface area contributed by atoms with E-state index in [1.54, 1.807) is 0 Å². The van der Waals surface area contributed by atoms with Crippen molar-refractivity contribution < 1.29 is 32.2 Å². The lowest BCUT2D eigenvalue weighted by Crippen LogP contribution is -2.28. The third-order valence-electron chi connectivity index (χ3n) is 3.07. The number of aliphatic hydroxyl groups excluding tert-OH is 1. The third kappa shape index (κ3) is 3.95. The van der Waals surface area contributed by atoms with Crippen LogP contribution in [-0.2, 0) is 18.3 Å². The highest BCUT2D eigenvalue weighted by atomic mass is 31.2. The van der Waals surface area contributed by atoms with Crippen LogP contribution < -0.4 is 0 Å². The summed E-state index contributed by atoms with van der Waals surface area (Å²) in [5, 5.41) is 9.09. The first-order chi connectivity index (χ1) is 8.90. The highest BCUT2D eigenvalue weighted by Crippen LogP contribution is 2.64. The molecule has 1 rings (SSSR count). The zero-order valence-corrected chi connectivity index (χ0v) is 12.1. The van der Waals surface area contributed by atoms with E-state index in [-0.39, 0.29) is 39.0 Å². The number of rotatable bonds is 8. The molecule has 1 N–H and O–H groups in total. The lowest BCUT2D eigenvalue weighted by Gasteiger charge is -2.28. The number of hydrogen-bond acceptors (Lipinski definition) is 5. The van der Waals surface area contributed by atoms with E-state index in [1.807, 2.05) is 0 Å². The molecule has 5 nitrogen and oxygen atoms in total. The van der Waals surface area contributed by atoms with E-state index in [9.17, 15) is 13.3 Å². The molecule has 0 spiro atoms. The molecule has 0 aromatic rings. The summed E-state index contributed by atoms with van der Waals surface area (Å²) in [7, 11) is -4.48. The van der Waals surface area contributed by atoms with E-state index in [2.05, 4.69) is 0 Å². The maximum absolute atomic E-state index is 14.2. The highest BCUT2D eigenvalue weighted by Gasteiger charge is 2.55. The molecule has 1 heterocycles. The fourth-order valence-corrected chi connectivity index (χ4v) is 3.65. The molecule has 0 unspecified atom stereocenters. The van der Waals surface area contributed by atoms with Crippen LogP contribution >= 0.6 is 7.60 Å². The van der Waals surface area contributed by atoms with Gasteiger partial charge in [-0.3, -0.25) is 4.57 Å². The molecular formula is C11H21F2O5P. The second-order valence-electron chi connectivity index (χ2n) is 4.44. The van der Waals surface area contributed by atoms with Gasteiger partial charge >= 0.3 is 13.3 Å². The Morgan fingerprint density at radius 3 is 2.26 bits per heavy atom. The van der Waals surface area contributed by atoms with Crippen molar-refractivity contribution in [2.45, 2.75) is 25.9 Å². The van der Waals surface area contributed by atoms with Crippen molar-refractivity contribution in [3.05, 3.63) is 0 Å². The Balaban J connectivity index is 2.79. The van der Waals surface area contributed by atoms with E-state index in [1.165, 1.54) is 13.8 Å². The van der Waals surface area contributed by atoms with Crippen LogP contribution in [0.4, 0.5) is 8.78 Å². The fraction of sp³-hybridized carbons (Fsp3) is 1.00. The lowest BCUT2D eigenvalue weighted by atomic mass is 9.94. The first kappa shape index (κ1) is 17.0. The van der Waals surface area contributed by atoms with Crippen LogP contribution in [0.3, 0.4) is 0 Å². The van der Waals surface area contributed by atoms with E-state index < -0.39 is 25.6 Å². The van der Waals surface area contributed by atoms with Gasteiger partial charge < -0.3 is 18.9 Å². The number of alkyl halides is 2. The normalized spacial score (nSPS) is 24.9. The van der Waals surface area contributed by atoms with Gasteiger partial charge in [0.25, 0.3) is 0 Å². The van der Waals surface area contributed by atoms with Crippen LogP contribution in [0.15, 0.2) is 0 Å². The van der Waals surface area contributed by atoms with Gasteiger partial charge in [0.15, 0.2) is 0 Å². The maximum atomic E-state index is 14.2. The summed E-state index contributed by atoms with van der Waals surface area (Å²) in [6.07, 6.45) is -0.671. The highest BCUT2D eigenvalue weighted by molar-refractivity contribution is 7.55. The molecule has 0 aromatic carbocycles. The monoisotopic (exact) mass is 302 g/mol. The number of halogens is 2. The molecule has 1 aliphatic heterocycles. The second kappa shape index (κ2) is 7.09. The topological polar surface area (TPSA) is 65.0 Å². The third-order valence-corrected chi connectivity index (χ3v) is 5.25. The Morgan fingerprint density at radius 1 is 1.26 bits per heavy atom. The molecule has 2 atom stereocenters. The Labute approximate surface area is 111 Å². The predicted molar refractivity (Wildman–Crippen MR) is 65.3 cm³/mol. The van der Waals surface area contributed by atoms with Gasteiger partial charge in [-0.25, -0.2) is 0 Å². The van der Waals surface area contributed by atoms with E-state index in [0.717, 1.165) is 0 Å². The molecule has 1 saturated heterocycles. The molecule has 0 aliphatic carbocycles. The fourth-order valence-electron chi connectivity index (χ4n) is 2.06. The zero-order chi connectivity index (χ0) is 14.5. The number of aliphatic hydroxyl groups is 1. The standard InChI is InChI=1S/C11H21F2O5P/c1-3-17-19(15,18-4-2)11(12,13)5-9-7-16-8-10(9)6-14/h9-10,14H,3-8H2,1-2H3/t9-,10+/m0/s1. The molecule has 0 bridgehead atoms. The minimum absolute atomic E-state index is 0.114. The molecule has 114 valence electrons. The van der Waals surface area contributed by atoms with Gasteiger partial charge in [0.05, 0.1) is 26.4 Å². The van der Waals surface area contributed by atoms with Gasteiger partial charge in [-0.1, -0.05) is 0 Å². The smallest absolute Gasteiger partial charge is 0.396 e. The number of ether oxygens (including phenoxy) is 1. The van der Waals surface area contributed by atoms with Crippen molar-refractivity contribution in [2.75, 3.05) is 33.0 Å². The van der Waals surface area contributed by atoms with Crippen molar-refractivity contribution in [3.63, 3.8) is 0 Å². The summed E-state index contributed by atoms with van der Waals surface area (Å²) in [6.45, 7) is 2.88. The molecule has 0 amide bonds. The molecule has 0 aromatic heterocycles. The van der Waals surface area contributed by atoms with Crippen molar-refractivity contribution in [3.8, 4) is 0 Å². The van der Waals surface area contributed by atoms with Crippen molar-refractivity contribution in [1.82, 2.24) is 0 Å². The predicted octanol–water partition coefficient (Wildman–Crippen LogP) is 2.49. The average Bonchev–Trinajstić information content (AvgIpc) is 2.76. The van der Waals surface area contributed by atoms with Crippen LogP contribution in [0.5, 0.6) is 0 Å². The Bertz CT molecular complexity index is 316. The van der Waals surface area contributed by atoms with E-state index in [0.29, 0.717) is 0 Å². The SMILES string of the molecule is CCOP(=O)(OCC)C(F)(F)C[C@H]1COC[C@H]1CO. The Hall–Kier alpha value is -0.0700. The van der Waals surface area contributed by atoms with Crippen LogP contribution in [0.1, 0.15) is 20.3 Å².